The van der Waals surface area contributed by atoms with Gasteiger partial charge in [0.1, 0.15) is 5.75 Å². The van der Waals surface area contributed by atoms with Crippen molar-refractivity contribution in [3.63, 3.8) is 0 Å². The van der Waals surface area contributed by atoms with E-state index in [0.717, 1.165) is 29.9 Å². The first-order valence-electron chi connectivity index (χ1n) is 5.38. The largest absolute Gasteiger partial charge is 0.493 e. The molecule has 0 bridgehead atoms. The van der Waals surface area contributed by atoms with Gasteiger partial charge >= 0.3 is 0 Å². The fourth-order valence-electron chi connectivity index (χ4n) is 1.33. The van der Waals surface area contributed by atoms with Crippen LogP contribution in [0.5, 0.6) is 5.75 Å². The predicted molar refractivity (Wildman–Crippen MR) is 68.9 cm³/mol. The molecule has 4 heteroatoms. The fraction of sp³-hybridized carbons (Fsp3) is 0.500. The van der Waals surface area contributed by atoms with Crippen LogP contribution in [0.15, 0.2) is 22.7 Å². The third-order valence-corrected chi connectivity index (χ3v) is 2.73. The second-order valence-corrected chi connectivity index (χ2v) is 4.22. The third kappa shape index (κ3) is 4.51. The van der Waals surface area contributed by atoms with Gasteiger partial charge in [0.15, 0.2) is 0 Å². The lowest BCUT2D eigenvalue weighted by Gasteiger charge is -2.08. The van der Waals surface area contributed by atoms with Crippen molar-refractivity contribution in [1.82, 2.24) is 5.32 Å². The van der Waals surface area contributed by atoms with Crippen molar-refractivity contribution in [2.45, 2.75) is 13.5 Å². The lowest BCUT2D eigenvalue weighted by atomic mass is 10.2. The molecule has 0 amide bonds. The van der Waals surface area contributed by atoms with Crippen molar-refractivity contribution < 1.29 is 9.47 Å². The molecule has 0 fully saturated rings. The zero-order valence-corrected chi connectivity index (χ0v) is 11.3. The highest BCUT2D eigenvalue weighted by atomic mass is 79.9. The molecule has 0 radical (unpaired) electrons. The van der Waals surface area contributed by atoms with E-state index in [1.54, 1.807) is 7.11 Å². The highest BCUT2D eigenvalue weighted by Gasteiger charge is 2.01. The van der Waals surface area contributed by atoms with E-state index in [1.165, 1.54) is 5.56 Å². The minimum absolute atomic E-state index is 0.685. The highest BCUT2D eigenvalue weighted by Crippen LogP contribution is 2.25. The quantitative estimate of drug-likeness (QED) is 0.782. The first-order valence-corrected chi connectivity index (χ1v) is 6.18. The second kappa shape index (κ2) is 7.65. The van der Waals surface area contributed by atoms with Gasteiger partial charge in [0.25, 0.3) is 0 Å². The van der Waals surface area contributed by atoms with Crippen LogP contribution < -0.4 is 10.1 Å². The first-order chi connectivity index (χ1) is 7.77. The Morgan fingerprint density at radius 3 is 2.81 bits per heavy atom. The summed E-state index contributed by atoms with van der Waals surface area (Å²) in [7, 11) is 1.70. The van der Waals surface area contributed by atoms with Gasteiger partial charge in [-0.1, -0.05) is 6.07 Å². The number of hydrogen-bond donors (Lipinski definition) is 1. The molecule has 0 aliphatic carbocycles. The summed E-state index contributed by atoms with van der Waals surface area (Å²) in [6.07, 6.45) is 0. The third-order valence-electron chi connectivity index (χ3n) is 2.11. The van der Waals surface area contributed by atoms with Crippen LogP contribution in [0.4, 0.5) is 0 Å². The maximum Gasteiger partial charge on any atom is 0.133 e. The molecule has 0 aromatic heterocycles. The standard InChI is InChI=1S/C12H18BrNO2/c1-3-16-12-5-4-10(8-11(12)13)9-14-6-7-15-2/h4-5,8,14H,3,6-7,9H2,1-2H3. The van der Waals surface area contributed by atoms with E-state index in [0.29, 0.717) is 6.61 Å². The monoisotopic (exact) mass is 287 g/mol. The van der Waals surface area contributed by atoms with Crippen molar-refractivity contribution in [3.8, 4) is 5.75 Å². The van der Waals surface area contributed by atoms with E-state index in [2.05, 4.69) is 33.4 Å². The van der Waals surface area contributed by atoms with Crippen molar-refractivity contribution in [2.75, 3.05) is 26.9 Å². The molecular formula is C12H18BrNO2. The normalized spacial score (nSPS) is 10.4. The molecule has 0 saturated heterocycles. The summed E-state index contributed by atoms with van der Waals surface area (Å²) >= 11 is 3.49. The number of hydrogen-bond acceptors (Lipinski definition) is 3. The fourth-order valence-corrected chi connectivity index (χ4v) is 1.87. The van der Waals surface area contributed by atoms with E-state index in [1.807, 2.05) is 13.0 Å². The van der Waals surface area contributed by atoms with Crippen LogP contribution in [0.25, 0.3) is 0 Å². The number of nitrogens with one attached hydrogen (secondary N) is 1. The van der Waals surface area contributed by atoms with Crippen molar-refractivity contribution in [2.24, 2.45) is 0 Å². The molecule has 16 heavy (non-hydrogen) atoms. The topological polar surface area (TPSA) is 30.5 Å². The van der Waals surface area contributed by atoms with Gasteiger partial charge in [-0.25, -0.2) is 0 Å². The molecular weight excluding hydrogens is 270 g/mol. The van der Waals surface area contributed by atoms with Gasteiger partial charge in [0.2, 0.25) is 0 Å². The molecule has 0 aliphatic rings. The molecule has 1 N–H and O–H groups in total. The Bertz CT molecular complexity index is 318. The average Bonchev–Trinajstić information content (AvgIpc) is 2.28. The minimum Gasteiger partial charge on any atom is -0.493 e. The van der Waals surface area contributed by atoms with Crippen molar-refractivity contribution in [1.29, 1.82) is 0 Å². The Balaban J connectivity index is 2.46. The molecule has 0 unspecified atom stereocenters. The Morgan fingerprint density at radius 1 is 1.38 bits per heavy atom. The lowest BCUT2D eigenvalue weighted by molar-refractivity contribution is 0.199. The smallest absolute Gasteiger partial charge is 0.133 e. The van der Waals surface area contributed by atoms with Crippen molar-refractivity contribution >= 4 is 15.9 Å². The zero-order chi connectivity index (χ0) is 11.8. The summed E-state index contributed by atoms with van der Waals surface area (Å²) in [6, 6.07) is 6.13. The molecule has 0 aliphatic heterocycles. The van der Waals surface area contributed by atoms with E-state index >= 15 is 0 Å². The molecule has 90 valence electrons. The molecule has 0 heterocycles. The molecule has 1 rings (SSSR count). The first kappa shape index (κ1) is 13.5. The maximum absolute atomic E-state index is 5.45. The van der Waals surface area contributed by atoms with Crippen LogP contribution in [0.2, 0.25) is 0 Å². The highest BCUT2D eigenvalue weighted by molar-refractivity contribution is 9.10. The van der Waals surface area contributed by atoms with Crippen LogP contribution >= 0.6 is 15.9 Å². The summed E-state index contributed by atoms with van der Waals surface area (Å²) in [4.78, 5) is 0. The molecule has 3 nitrogen and oxygen atoms in total. The van der Waals surface area contributed by atoms with Gasteiger partial charge in [-0.05, 0) is 40.5 Å². The number of benzene rings is 1. The summed E-state index contributed by atoms with van der Waals surface area (Å²) in [6.45, 7) is 5.10. The van der Waals surface area contributed by atoms with Gasteiger partial charge in [0.05, 0.1) is 17.7 Å². The van der Waals surface area contributed by atoms with Crippen LogP contribution in [-0.4, -0.2) is 26.9 Å². The Morgan fingerprint density at radius 2 is 2.19 bits per heavy atom. The summed E-state index contributed by atoms with van der Waals surface area (Å²) in [5, 5.41) is 3.29. The Kier molecular flexibility index (Phi) is 6.45. The maximum atomic E-state index is 5.45. The molecule has 1 aromatic rings. The Labute approximate surface area is 105 Å². The van der Waals surface area contributed by atoms with Crippen LogP contribution in [0.3, 0.4) is 0 Å². The van der Waals surface area contributed by atoms with Gasteiger partial charge in [0, 0.05) is 20.2 Å². The zero-order valence-electron chi connectivity index (χ0n) is 9.75. The van der Waals surface area contributed by atoms with Crippen LogP contribution in [0.1, 0.15) is 12.5 Å². The minimum atomic E-state index is 0.685. The molecule has 0 saturated carbocycles. The molecule has 0 spiro atoms. The Hall–Kier alpha value is -0.580. The molecule has 1 aromatic carbocycles. The van der Waals surface area contributed by atoms with Gasteiger partial charge in [-0.3, -0.25) is 0 Å². The van der Waals surface area contributed by atoms with Crippen LogP contribution in [-0.2, 0) is 11.3 Å². The number of ether oxygens (including phenoxy) is 2. The van der Waals surface area contributed by atoms with E-state index in [4.69, 9.17) is 9.47 Å². The van der Waals surface area contributed by atoms with E-state index in [-0.39, 0.29) is 0 Å². The lowest BCUT2D eigenvalue weighted by Crippen LogP contribution is -2.18. The predicted octanol–water partition coefficient (Wildman–Crippen LogP) is 2.58. The number of halogens is 1. The molecule has 0 atom stereocenters. The van der Waals surface area contributed by atoms with Gasteiger partial charge in [-0.2, -0.15) is 0 Å². The summed E-state index contributed by atoms with van der Waals surface area (Å²) in [5.41, 5.74) is 1.23. The van der Waals surface area contributed by atoms with Gasteiger partial charge in [-0.15, -0.1) is 0 Å². The van der Waals surface area contributed by atoms with E-state index < -0.39 is 0 Å². The van der Waals surface area contributed by atoms with Gasteiger partial charge < -0.3 is 14.8 Å². The second-order valence-electron chi connectivity index (χ2n) is 3.37. The summed E-state index contributed by atoms with van der Waals surface area (Å²) < 4.78 is 11.4. The van der Waals surface area contributed by atoms with E-state index in [9.17, 15) is 0 Å². The average molecular weight is 288 g/mol. The van der Waals surface area contributed by atoms with Crippen LogP contribution in [0, 0.1) is 0 Å². The van der Waals surface area contributed by atoms with Crippen molar-refractivity contribution in [3.05, 3.63) is 28.2 Å². The SMILES string of the molecule is CCOc1ccc(CNCCOC)cc1Br. The summed E-state index contributed by atoms with van der Waals surface area (Å²) in [5.74, 6) is 0.892. The number of methoxy groups -OCH3 is 1. The number of rotatable bonds is 7.